The van der Waals surface area contributed by atoms with Crippen molar-refractivity contribution in [3.63, 3.8) is 0 Å². The summed E-state index contributed by atoms with van der Waals surface area (Å²) < 4.78 is 27.3. The molecule has 5 nitrogen and oxygen atoms in total. The van der Waals surface area contributed by atoms with Crippen molar-refractivity contribution in [2.45, 2.75) is 18.1 Å². The number of rotatable bonds is 3. The molecule has 110 valence electrons. The van der Waals surface area contributed by atoms with E-state index in [1.54, 1.807) is 32.0 Å². The van der Waals surface area contributed by atoms with Crippen LogP contribution >= 0.6 is 11.3 Å². The summed E-state index contributed by atoms with van der Waals surface area (Å²) in [5.74, 6) is 5.28. The maximum atomic E-state index is 12.3. The summed E-state index contributed by atoms with van der Waals surface area (Å²) in [6, 6.07) is 5.19. The second-order valence-corrected chi connectivity index (χ2v) is 7.44. The Balaban J connectivity index is 2.34. The topological polar surface area (TPSA) is 79.3 Å². The van der Waals surface area contributed by atoms with Gasteiger partial charge in [0.1, 0.15) is 6.61 Å². The number of anilines is 1. The Labute approximate surface area is 127 Å². The highest BCUT2D eigenvalue weighted by atomic mass is 32.2. The molecule has 0 saturated heterocycles. The number of hydrogen-bond donors (Lipinski definition) is 2. The second kappa shape index (κ2) is 6.26. The summed E-state index contributed by atoms with van der Waals surface area (Å²) in [4.78, 5) is 3.95. The quantitative estimate of drug-likeness (QED) is 0.846. The molecule has 0 saturated carbocycles. The summed E-state index contributed by atoms with van der Waals surface area (Å²) in [6.45, 7) is 3.31. The van der Waals surface area contributed by atoms with Gasteiger partial charge in [-0.15, -0.1) is 11.3 Å². The smallest absolute Gasteiger partial charge is 0.273 e. The Bertz CT molecular complexity index is 814. The molecular formula is C14H14N2O3S2. The first kappa shape index (κ1) is 15.5. The fourth-order valence-electron chi connectivity index (χ4n) is 1.61. The molecule has 0 fully saturated rings. The van der Waals surface area contributed by atoms with Crippen LogP contribution in [0.3, 0.4) is 0 Å². The van der Waals surface area contributed by atoms with E-state index >= 15 is 0 Å². The van der Waals surface area contributed by atoms with Crippen LogP contribution in [0.1, 0.15) is 16.1 Å². The van der Waals surface area contributed by atoms with E-state index in [1.807, 2.05) is 0 Å². The molecular weight excluding hydrogens is 308 g/mol. The molecule has 0 spiro atoms. The molecule has 0 unspecified atom stereocenters. The molecule has 2 rings (SSSR count). The maximum Gasteiger partial charge on any atom is 0.273 e. The average Bonchev–Trinajstić information content (AvgIpc) is 2.87. The molecule has 0 radical (unpaired) electrons. The Morgan fingerprint density at radius 3 is 2.76 bits per heavy atom. The molecule has 0 amide bonds. The molecule has 0 bridgehead atoms. The number of sulfonamides is 1. The summed E-state index contributed by atoms with van der Waals surface area (Å²) in [6.07, 6.45) is 1.34. The van der Waals surface area contributed by atoms with E-state index in [1.165, 1.54) is 6.20 Å². The van der Waals surface area contributed by atoms with Crippen LogP contribution in [0.4, 0.5) is 5.69 Å². The summed E-state index contributed by atoms with van der Waals surface area (Å²) in [5, 5.41) is 9.39. The van der Waals surface area contributed by atoms with E-state index in [4.69, 9.17) is 5.11 Å². The minimum atomic E-state index is -3.64. The number of nitrogens with one attached hydrogen (secondary N) is 1. The van der Waals surface area contributed by atoms with E-state index in [2.05, 4.69) is 21.5 Å². The number of aliphatic hydroxyl groups excluding tert-OH is 1. The fourth-order valence-corrected chi connectivity index (χ4v) is 3.84. The average molecular weight is 322 g/mol. The molecule has 0 atom stereocenters. The Morgan fingerprint density at radius 1 is 1.38 bits per heavy atom. The molecule has 1 aromatic carbocycles. The lowest BCUT2D eigenvalue weighted by Crippen LogP contribution is -2.12. The van der Waals surface area contributed by atoms with E-state index in [-0.39, 0.29) is 10.8 Å². The van der Waals surface area contributed by atoms with E-state index < -0.39 is 10.0 Å². The molecule has 1 heterocycles. The predicted molar refractivity (Wildman–Crippen MR) is 82.8 cm³/mol. The standard InChI is InChI=1S/C14H14N2O3S2/c1-10-5-6-12(4-3-7-17)8-13(10)16-21(18,19)14-9-15-11(2)20-14/h5-6,8-9,16-17H,7H2,1-2H3. The zero-order valence-electron chi connectivity index (χ0n) is 11.5. The van der Waals surface area contributed by atoms with Gasteiger partial charge in [-0.2, -0.15) is 0 Å². The highest BCUT2D eigenvalue weighted by Gasteiger charge is 2.18. The van der Waals surface area contributed by atoms with Gasteiger partial charge in [-0.05, 0) is 31.5 Å². The van der Waals surface area contributed by atoms with E-state index in [9.17, 15) is 8.42 Å². The largest absolute Gasteiger partial charge is 0.384 e. The third-order valence-corrected chi connectivity index (χ3v) is 5.40. The number of aromatic nitrogens is 1. The van der Waals surface area contributed by atoms with Crippen molar-refractivity contribution >= 4 is 27.0 Å². The molecule has 1 aromatic heterocycles. The first-order valence-electron chi connectivity index (χ1n) is 6.08. The number of hydrogen-bond acceptors (Lipinski definition) is 5. The second-order valence-electron chi connectivity index (χ2n) is 4.29. The van der Waals surface area contributed by atoms with Gasteiger partial charge in [0.05, 0.1) is 16.9 Å². The highest BCUT2D eigenvalue weighted by molar-refractivity contribution is 7.94. The van der Waals surface area contributed by atoms with Crippen molar-refractivity contribution in [2.24, 2.45) is 0 Å². The third kappa shape index (κ3) is 3.82. The summed E-state index contributed by atoms with van der Waals surface area (Å²) in [5.41, 5.74) is 1.88. The monoisotopic (exact) mass is 322 g/mol. The van der Waals surface area contributed by atoms with Gasteiger partial charge in [-0.1, -0.05) is 17.9 Å². The van der Waals surface area contributed by atoms with Crippen molar-refractivity contribution in [2.75, 3.05) is 11.3 Å². The first-order valence-corrected chi connectivity index (χ1v) is 8.38. The van der Waals surface area contributed by atoms with Crippen molar-refractivity contribution in [1.82, 2.24) is 4.98 Å². The number of thiazole rings is 1. The molecule has 0 aliphatic rings. The Morgan fingerprint density at radius 2 is 2.14 bits per heavy atom. The van der Waals surface area contributed by atoms with Crippen LogP contribution in [-0.2, 0) is 10.0 Å². The van der Waals surface area contributed by atoms with Crippen LogP contribution < -0.4 is 4.72 Å². The number of aliphatic hydroxyl groups is 1. The van der Waals surface area contributed by atoms with Crippen LogP contribution in [0.15, 0.2) is 28.6 Å². The number of nitrogens with zero attached hydrogens (tertiary/aromatic N) is 1. The maximum absolute atomic E-state index is 12.3. The van der Waals surface area contributed by atoms with Crippen molar-refractivity contribution in [1.29, 1.82) is 0 Å². The molecule has 0 aliphatic carbocycles. The van der Waals surface area contributed by atoms with Crippen LogP contribution in [-0.4, -0.2) is 25.1 Å². The van der Waals surface area contributed by atoms with Gasteiger partial charge in [0.25, 0.3) is 10.0 Å². The van der Waals surface area contributed by atoms with Gasteiger partial charge >= 0.3 is 0 Å². The fraction of sp³-hybridized carbons (Fsp3) is 0.214. The van der Waals surface area contributed by atoms with Crippen LogP contribution in [0.25, 0.3) is 0 Å². The third-order valence-electron chi connectivity index (χ3n) is 2.66. The van der Waals surface area contributed by atoms with Crippen molar-refractivity contribution in [3.8, 4) is 11.8 Å². The van der Waals surface area contributed by atoms with Crippen LogP contribution in [0, 0.1) is 25.7 Å². The zero-order chi connectivity index (χ0) is 15.5. The van der Waals surface area contributed by atoms with Gasteiger partial charge in [-0.3, -0.25) is 4.72 Å². The lowest BCUT2D eigenvalue weighted by atomic mass is 10.1. The van der Waals surface area contributed by atoms with E-state index in [0.29, 0.717) is 16.3 Å². The van der Waals surface area contributed by atoms with Crippen LogP contribution in [0.5, 0.6) is 0 Å². The predicted octanol–water partition coefficient (Wildman–Crippen LogP) is 1.90. The van der Waals surface area contributed by atoms with Crippen molar-refractivity contribution in [3.05, 3.63) is 40.5 Å². The van der Waals surface area contributed by atoms with E-state index in [0.717, 1.165) is 16.9 Å². The van der Waals surface area contributed by atoms with Gasteiger partial charge in [0.2, 0.25) is 0 Å². The summed E-state index contributed by atoms with van der Waals surface area (Å²) >= 11 is 1.12. The van der Waals surface area contributed by atoms with Crippen molar-refractivity contribution < 1.29 is 13.5 Å². The molecule has 2 aromatic rings. The number of benzene rings is 1. The van der Waals surface area contributed by atoms with Gasteiger partial charge < -0.3 is 5.11 Å². The lowest BCUT2D eigenvalue weighted by Gasteiger charge is -2.09. The molecule has 7 heteroatoms. The minimum Gasteiger partial charge on any atom is -0.384 e. The van der Waals surface area contributed by atoms with Gasteiger partial charge in [0.15, 0.2) is 4.21 Å². The zero-order valence-corrected chi connectivity index (χ0v) is 13.2. The molecule has 0 aliphatic heterocycles. The first-order chi connectivity index (χ1) is 9.92. The normalized spacial score (nSPS) is 10.8. The Hall–Kier alpha value is -1.88. The Kier molecular flexibility index (Phi) is 4.63. The highest BCUT2D eigenvalue weighted by Crippen LogP contribution is 2.24. The molecule has 21 heavy (non-hydrogen) atoms. The summed E-state index contributed by atoms with van der Waals surface area (Å²) in [7, 11) is -3.64. The van der Waals surface area contributed by atoms with Crippen LogP contribution in [0.2, 0.25) is 0 Å². The minimum absolute atomic E-state index is 0.172. The van der Waals surface area contributed by atoms with Gasteiger partial charge in [0, 0.05) is 5.56 Å². The lowest BCUT2D eigenvalue weighted by molar-refractivity contribution is 0.350. The number of aryl methyl sites for hydroxylation is 2. The SMILES string of the molecule is Cc1ncc(S(=O)(=O)Nc2cc(C#CCO)ccc2C)s1. The van der Waals surface area contributed by atoms with Gasteiger partial charge in [-0.25, -0.2) is 13.4 Å². The molecule has 2 N–H and O–H groups in total.